The van der Waals surface area contributed by atoms with Crippen molar-refractivity contribution in [2.24, 2.45) is 5.41 Å². The minimum Gasteiger partial charge on any atom is -0.493 e. The van der Waals surface area contributed by atoms with Gasteiger partial charge in [-0.25, -0.2) is 0 Å². The molecule has 3 aromatic carbocycles. The van der Waals surface area contributed by atoms with E-state index in [4.69, 9.17) is 14.2 Å². The second-order valence-electron chi connectivity index (χ2n) is 9.39. The molecule has 176 valence electrons. The molecule has 5 rings (SSSR count). The average molecular weight is 457 g/mol. The van der Waals surface area contributed by atoms with Crippen LogP contribution in [0.5, 0.6) is 11.5 Å². The van der Waals surface area contributed by atoms with Gasteiger partial charge in [-0.15, -0.1) is 0 Å². The van der Waals surface area contributed by atoms with Crippen LogP contribution >= 0.6 is 0 Å². The molecule has 2 aliphatic rings. The zero-order valence-electron chi connectivity index (χ0n) is 19.8. The Hall–Kier alpha value is -3.27. The van der Waals surface area contributed by atoms with Crippen molar-refractivity contribution < 1.29 is 19.0 Å². The van der Waals surface area contributed by atoms with Crippen LogP contribution in [0, 0.1) is 5.41 Å². The Morgan fingerprint density at radius 1 is 0.941 bits per heavy atom. The molecule has 34 heavy (non-hydrogen) atoms. The maximum atomic E-state index is 12.4. The average Bonchev–Trinajstić information content (AvgIpc) is 3.31. The fourth-order valence-electron chi connectivity index (χ4n) is 4.93. The number of hydrogen-bond acceptors (Lipinski definition) is 4. The number of benzene rings is 3. The third-order valence-electron chi connectivity index (χ3n) is 7.13. The molecule has 1 heterocycles. The Balaban J connectivity index is 1.12. The monoisotopic (exact) mass is 456 g/mol. The fraction of sp³-hybridized carbons (Fsp3) is 0.367. The molecular weight excluding hydrogens is 424 g/mol. The Kier molecular flexibility index (Phi) is 6.57. The summed E-state index contributed by atoms with van der Waals surface area (Å²) in [7, 11) is 0. The molecule has 1 fully saturated rings. The zero-order valence-corrected chi connectivity index (χ0v) is 19.8. The first-order valence-electron chi connectivity index (χ1n) is 12.4. The molecule has 3 aromatic rings. The maximum Gasteiger partial charge on any atom is 0.312 e. The molecule has 1 saturated carbocycles. The summed E-state index contributed by atoms with van der Waals surface area (Å²) in [5, 5.41) is 0. The van der Waals surface area contributed by atoms with Crippen molar-refractivity contribution >= 4 is 5.97 Å². The quantitative estimate of drug-likeness (QED) is 0.360. The van der Waals surface area contributed by atoms with E-state index in [-0.39, 0.29) is 11.4 Å². The first kappa shape index (κ1) is 22.5. The molecule has 0 radical (unpaired) electrons. The van der Waals surface area contributed by atoms with E-state index in [2.05, 4.69) is 54.6 Å². The van der Waals surface area contributed by atoms with Gasteiger partial charge in [-0.3, -0.25) is 4.79 Å². The molecule has 1 aliphatic heterocycles. The molecule has 4 nitrogen and oxygen atoms in total. The van der Waals surface area contributed by atoms with Gasteiger partial charge in [0, 0.05) is 12.8 Å². The smallest absolute Gasteiger partial charge is 0.312 e. The van der Waals surface area contributed by atoms with Crippen LogP contribution in [0.25, 0.3) is 11.1 Å². The van der Waals surface area contributed by atoms with Gasteiger partial charge in [0.1, 0.15) is 11.5 Å². The highest BCUT2D eigenvalue weighted by atomic mass is 16.5. The number of carbonyl (C=O) groups is 1. The van der Waals surface area contributed by atoms with Crippen LogP contribution in [0.4, 0.5) is 0 Å². The van der Waals surface area contributed by atoms with Gasteiger partial charge in [0.25, 0.3) is 0 Å². The summed E-state index contributed by atoms with van der Waals surface area (Å²) in [6.45, 7) is 3.72. The van der Waals surface area contributed by atoms with Gasteiger partial charge < -0.3 is 14.2 Å². The molecule has 4 heteroatoms. The van der Waals surface area contributed by atoms with Crippen LogP contribution < -0.4 is 9.47 Å². The van der Waals surface area contributed by atoms with Crippen LogP contribution in [0.2, 0.25) is 0 Å². The van der Waals surface area contributed by atoms with Gasteiger partial charge in [-0.05, 0) is 72.2 Å². The molecule has 0 spiro atoms. The number of fused-ring (bicyclic) bond motifs is 1. The molecular formula is C30H32O4. The van der Waals surface area contributed by atoms with E-state index in [0.29, 0.717) is 13.2 Å². The Bertz CT molecular complexity index is 1130. The van der Waals surface area contributed by atoms with Crippen LogP contribution in [-0.4, -0.2) is 25.8 Å². The highest BCUT2D eigenvalue weighted by molar-refractivity contribution is 5.78. The molecule has 0 aromatic heterocycles. The minimum absolute atomic E-state index is 0.0443. The standard InChI is InChI=1S/C30H32O4/c1-2-32-29(31)30(16-3-17-30)21-23-6-12-27(13-7-23)33-18-14-22-4-8-24(9-5-22)26-11-10-25-15-19-34-28(25)20-26/h4-13,20H,2-3,14-19,21H2,1H3. The van der Waals surface area contributed by atoms with E-state index in [9.17, 15) is 4.79 Å². The van der Waals surface area contributed by atoms with Crippen molar-refractivity contribution in [3.05, 3.63) is 83.4 Å². The molecule has 0 saturated heterocycles. The minimum atomic E-state index is -0.322. The lowest BCUT2D eigenvalue weighted by Gasteiger charge is -2.39. The molecule has 1 aliphatic carbocycles. The summed E-state index contributed by atoms with van der Waals surface area (Å²) in [4.78, 5) is 12.4. The normalized spacial score (nSPS) is 15.7. The second kappa shape index (κ2) is 9.92. The van der Waals surface area contributed by atoms with E-state index in [1.165, 1.54) is 22.3 Å². The highest BCUT2D eigenvalue weighted by Crippen LogP contribution is 2.45. The van der Waals surface area contributed by atoms with Crippen LogP contribution in [0.3, 0.4) is 0 Å². The number of hydrogen-bond donors (Lipinski definition) is 0. The predicted molar refractivity (Wildman–Crippen MR) is 133 cm³/mol. The lowest BCUT2D eigenvalue weighted by atomic mass is 9.65. The predicted octanol–water partition coefficient (Wildman–Crippen LogP) is 6.19. The Labute approximate surface area is 201 Å². The maximum absolute atomic E-state index is 12.4. The Morgan fingerprint density at radius 2 is 1.68 bits per heavy atom. The summed E-state index contributed by atoms with van der Waals surface area (Å²) in [6.07, 6.45) is 5.54. The van der Waals surface area contributed by atoms with E-state index >= 15 is 0 Å². The van der Waals surface area contributed by atoms with E-state index in [0.717, 1.165) is 62.2 Å². The van der Waals surface area contributed by atoms with Crippen molar-refractivity contribution in [3.8, 4) is 22.6 Å². The third kappa shape index (κ3) is 4.82. The van der Waals surface area contributed by atoms with E-state index in [1.54, 1.807) is 0 Å². The van der Waals surface area contributed by atoms with Gasteiger partial charge in [0.15, 0.2) is 0 Å². The lowest BCUT2D eigenvalue weighted by Crippen LogP contribution is -2.41. The molecule has 0 bridgehead atoms. The molecule has 0 amide bonds. The van der Waals surface area contributed by atoms with Crippen LogP contribution in [-0.2, 0) is 28.8 Å². The number of rotatable bonds is 9. The largest absolute Gasteiger partial charge is 0.493 e. The molecule has 0 atom stereocenters. The molecule has 0 unspecified atom stereocenters. The summed E-state index contributed by atoms with van der Waals surface area (Å²) in [5.41, 5.74) is 5.77. The van der Waals surface area contributed by atoms with Gasteiger partial charge in [-0.2, -0.15) is 0 Å². The highest BCUT2D eigenvalue weighted by Gasteiger charge is 2.45. The lowest BCUT2D eigenvalue weighted by molar-refractivity contribution is -0.161. The van der Waals surface area contributed by atoms with Crippen molar-refractivity contribution in [1.29, 1.82) is 0 Å². The summed E-state index contributed by atoms with van der Waals surface area (Å²) in [6, 6.07) is 23.3. The van der Waals surface area contributed by atoms with Gasteiger partial charge in [-0.1, -0.05) is 55.0 Å². The topological polar surface area (TPSA) is 44.8 Å². The van der Waals surface area contributed by atoms with Crippen molar-refractivity contribution in [3.63, 3.8) is 0 Å². The van der Waals surface area contributed by atoms with Gasteiger partial charge >= 0.3 is 5.97 Å². The van der Waals surface area contributed by atoms with E-state index in [1.807, 2.05) is 19.1 Å². The summed E-state index contributed by atoms with van der Waals surface area (Å²) in [5.74, 6) is 1.83. The SMILES string of the molecule is CCOC(=O)C1(Cc2ccc(OCCc3ccc(-c4ccc5c(c4)OCC5)cc3)cc2)CCC1. The van der Waals surface area contributed by atoms with Crippen LogP contribution in [0.1, 0.15) is 42.9 Å². The number of esters is 1. The van der Waals surface area contributed by atoms with E-state index < -0.39 is 0 Å². The first-order valence-corrected chi connectivity index (χ1v) is 12.4. The van der Waals surface area contributed by atoms with Crippen LogP contribution in [0.15, 0.2) is 66.7 Å². The Morgan fingerprint density at radius 3 is 2.38 bits per heavy atom. The summed E-state index contributed by atoms with van der Waals surface area (Å²) < 4.78 is 17.0. The van der Waals surface area contributed by atoms with Crippen molar-refractivity contribution in [2.75, 3.05) is 19.8 Å². The third-order valence-corrected chi connectivity index (χ3v) is 7.13. The van der Waals surface area contributed by atoms with Crippen molar-refractivity contribution in [1.82, 2.24) is 0 Å². The second-order valence-corrected chi connectivity index (χ2v) is 9.39. The first-order chi connectivity index (χ1) is 16.6. The zero-order chi connectivity index (χ0) is 23.4. The summed E-state index contributed by atoms with van der Waals surface area (Å²) >= 11 is 0. The molecule has 0 N–H and O–H groups in total. The number of ether oxygens (including phenoxy) is 3. The van der Waals surface area contributed by atoms with Gasteiger partial charge in [0.05, 0.1) is 25.2 Å². The fourth-order valence-corrected chi connectivity index (χ4v) is 4.93. The van der Waals surface area contributed by atoms with Gasteiger partial charge in [0.2, 0.25) is 0 Å². The van der Waals surface area contributed by atoms with Crippen molar-refractivity contribution in [2.45, 2.75) is 45.4 Å². The number of carbonyl (C=O) groups excluding carboxylic acids is 1.